The molecule has 1 atom stereocenters. The number of carbonyl (C=O) groups is 1. The van der Waals surface area contributed by atoms with Crippen molar-refractivity contribution in [1.29, 1.82) is 0 Å². The Balaban J connectivity index is 2.57. The van der Waals surface area contributed by atoms with Crippen molar-refractivity contribution < 1.29 is 4.79 Å². The summed E-state index contributed by atoms with van der Waals surface area (Å²) < 4.78 is 0. The lowest BCUT2D eigenvalue weighted by Gasteiger charge is -2.12. The van der Waals surface area contributed by atoms with Crippen molar-refractivity contribution in [3.05, 3.63) is 30.1 Å². The highest BCUT2D eigenvalue weighted by Crippen LogP contribution is 2.03. The molecule has 1 unspecified atom stereocenters. The summed E-state index contributed by atoms with van der Waals surface area (Å²) in [5.41, 5.74) is 6.63. The number of ketones is 1. The summed E-state index contributed by atoms with van der Waals surface area (Å²) in [6.45, 7) is 3.72. The van der Waals surface area contributed by atoms with Crippen LogP contribution < -0.4 is 5.73 Å². The highest BCUT2D eigenvalue weighted by atomic mass is 16.1. The monoisotopic (exact) mass is 192 g/mol. The molecule has 1 heterocycles. The zero-order valence-corrected chi connectivity index (χ0v) is 8.60. The Morgan fingerprint density at radius 3 is 2.71 bits per heavy atom. The summed E-state index contributed by atoms with van der Waals surface area (Å²) in [7, 11) is 0. The maximum absolute atomic E-state index is 11.5. The first-order valence-corrected chi connectivity index (χ1v) is 4.80. The second-order valence-corrected chi connectivity index (χ2v) is 3.69. The van der Waals surface area contributed by atoms with Gasteiger partial charge in [-0.25, -0.2) is 0 Å². The lowest BCUT2D eigenvalue weighted by Crippen LogP contribution is -2.35. The number of aromatic nitrogens is 1. The van der Waals surface area contributed by atoms with Gasteiger partial charge in [0.2, 0.25) is 0 Å². The Bertz CT molecular complexity index is 295. The van der Waals surface area contributed by atoms with Gasteiger partial charge in [0.15, 0.2) is 5.78 Å². The molecule has 3 nitrogen and oxygen atoms in total. The van der Waals surface area contributed by atoms with Crippen molar-refractivity contribution in [2.24, 2.45) is 11.7 Å². The van der Waals surface area contributed by atoms with Crippen molar-refractivity contribution in [1.82, 2.24) is 4.98 Å². The number of hydrogen-bond donors (Lipinski definition) is 1. The highest BCUT2D eigenvalue weighted by molar-refractivity contribution is 5.85. The summed E-state index contributed by atoms with van der Waals surface area (Å²) in [6.07, 6.45) is 2.24. The fraction of sp³-hybridized carbons (Fsp3) is 0.455. The molecule has 0 radical (unpaired) electrons. The van der Waals surface area contributed by atoms with E-state index in [-0.39, 0.29) is 11.7 Å². The molecule has 0 spiro atoms. The Kier molecular flexibility index (Phi) is 3.77. The van der Waals surface area contributed by atoms with E-state index in [1.54, 1.807) is 6.20 Å². The maximum Gasteiger partial charge on any atom is 0.152 e. The molecule has 0 aromatic carbocycles. The zero-order valence-electron chi connectivity index (χ0n) is 8.60. The van der Waals surface area contributed by atoms with Crippen LogP contribution in [-0.4, -0.2) is 16.8 Å². The first-order valence-electron chi connectivity index (χ1n) is 4.80. The molecule has 0 saturated heterocycles. The van der Waals surface area contributed by atoms with E-state index in [4.69, 9.17) is 5.73 Å². The van der Waals surface area contributed by atoms with Crippen LogP contribution in [0.1, 0.15) is 19.5 Å². The third-order valence-corrected chi connectivity index (χ3v) is 2.09. The average Bonchev–Trinajstić information content (AvgIpc) is 2.18. The topological polar surface area (TPSA) is 56.0 Å². The summed E-state index contributed by atoms with van der Waals surface area (Å²) in [6, 6.07) is 5.20. The Hall–Kier alpha value is -1.22. The van der Waals surface area contributed by atoms with Crippen LogP contribution in [0, 0.1) is 5.92 Å². The van der Waals surface area contributed by atoms with Crippen LogP contribution in [0.4, 0.5) is 0 Å². The zero-order chi connectivity index (χ0) is 10.6. The smallest absolute Gasteiger partial charge is 0.152 e. The van der Waals surface area contributed by atoms with Gasteiger partial charge in [-0.05, 0) is 12.1 Å². The molecule has 1 aromatic heterocycles. The summed E-state index contributed by atoms with van der Waals surface area (Å²) in [5, 5.41) is 0. The molecule has 0 aliphatic rings. The van der Waals surface area contributed by atoms with Crippen LogP contribution in [0.5, 0.6) is 0 Å². The van der Waals surface area contributed by atoms with E-state index >= 15 is 0 Å². The molecule has 0 aliphatic carbocycles. The Labute approximate surface area is 84.3 Å². The highest BCUT2D eigenvalue weighted by Gasteiger charge is 2.17. The van der Waals surface area contributed by atoms with Crippen molar-refractivity contribution >= 4 is 5.78 Å². The molecule has 1 rings (SSSR count). The molecule has 3 heteroatoms. The van der Waals surface area contributed by atoms with Crippen molar-refractivity contribution in [2.75, 3.05) is 0 Å². The minimum Gasteiger partial charge on any atom is -0.321 e. The molecular formula is C11H16N2O. The molecule has 1 aromatic rings. The molecule has 0 fully saturated rings. The number of nitrogens with two attached hydrogens (primary N) is 1. The van der Waals surface area contributed by atoms with Crippen molar-refractivity contribution in [3.8, 4) is 0 Å². The summed E-state index contributed by atoms with van der Waals surface area (Å²) in [5.74, 6) is 0.0874. The number of pyridine rings is 1. The Morgan fingerprint density at radius 2 is 2.21 bits per heavy atom. The second-order valence-electron chi connectivity index (χ2n) is 3.69. The number of nitrogens with zero attached hydrogens (tertiary/aromatic N) is 1. The van der Waals surface area contributed by atoms with Gasteiger partial charge in [-0.3, -0.25) is 9.78 Å². The SMILES string of the molecule is CC(C)C(=O)C(N)Cc1ccccn1. The van der Waals surface area contributed by atoms with Crippen LogP contribution in [0.2, 0.25) is 0 Å². The largest absolute Gasteiger partial charge is 0.321 e. The van der Waals surface area contributed by atoms with E-state index in [1.165, 1.54) is 0 Å². The van der Waals surface area contributed by atoms with Gasteiger partial charge in [0, 0.05) is 24.2 Å². The molecule has 0 bridgehead atoms. The number of Topliss-reactive ketones (excluding diaryl/α,β-unsaturated/α-hetero) is 1. The number of hydrogen-bond acceptors (Lipinski definition) is 3. The first kappa shape index (κ1) is 10.9. The molecule has 0 amide bonds. The summed E-state index contributed by atoms with van der Waals surface area (Å²) in [4.78, 5) is 15.6. The minimum absolute atomic E-state index is 0.00582. The normalized spacial score (nSPS) is 12.9. The van der Waals surface area contributed by atoms with Gasteiger partial charge in [-0.2, -0.15) is 0 Å². The van der Waals surface area contributed by atoms with Gasteiger partial charge in [-0.15, -0.1) is 0 Å². The lowest BCUT2D eigenvalue weighted by atomic mass is 9.99. The maximum atomic E-state index is 11.5. The van der Waals surface area contributed by atoms with Gasteiger partial charge in [0.25, 0.3) is 0 Å². The third kappa shape index (κ3) is 2.92. The van der Waals surface area contributed by atoms with E-state index in [2.05, 4.69) is 4.98 Å². The predicted octanol–water partition coefficient (Wildman–Crippen LogP) is 1.18. The molecule has 0 saturated carbocycles. The molecule has 76 valence electrons. The van der Waals surface area contributed by atoms with Gasteiger partial charge < -0.3 is 5.73 Å². The van der Waals surface area contributed by atoms with Crippen LogP contribution >= 0.6 is 0 Å². The van der Waals surface area contributed by atoms with Crippen molar-refractivity contribution in [3.63, 3.8) is 0 Å². The van der Waals surface area contributed by atoms with E-state index in [0.29, 0.717) is 6.42 Å². The van der Waals surface area contributed by atoms with Crippen molar-refractivity contribution in [2.45, 2.75) is 26.3 Å². The van der Waals surface area contributed by atoms with Gasteiger partial charge in [-0.1, -0.05) is 19.9 Å². The standard InChI is InChI=1S/C11H16N2O/c1-8(2)11(14)10(12)7-9-5-3-4-6-13-9/h3-6,8,10H,7,12H2,1-2H3. The quantitative estimate of drug-likeness (QED) is 0.779. The van der Waals surface area contributed by atoms with E-state index in [0.717, 1.165) is 5.69 Å². The molecule has 0 aliphatic heterocycles. The second kappa shape index (κ2) is 4.86. The van der Waals surface area contributed by atoms with Gasteiger partial charge in [0.1, 0.15) is 0 Å². The number of carbonyl (C=O) groups excluding carboxylic acids is 1. The summed E-state index contributed by atoms with van der Waals surface area (Å²) >= 11 is 0. The molecule has 2 N–H and O–H groups in total. The van der Waals surface area contributed by atoms with Crippen LogP contribution in [0.3, 0.4) is 0 Å². The van der Waals surface area contributed by atoms with Crippen LogP contribution in [0.25, 0.3) is 0 Å². The predicted molar refractivity (Wildman–Crippen MR) is 55.8 cm³/mol. The first-order chi connectivity index (χ1) is 6.61. The Morgan fingerprint density at radius 1 is 1.50 bits per heavy atom. The fourth-order valence-electron chi connectivity index (χ4n) is 1.27. The average molecular weight is 192 g/mol. The lowest BCUT2D eigenvalue weighted by molar-refractivity contribution is -0.123. The minimum atomic E-state index is -0.426. The van der Waals surface area contributed by atoms with Crippen LogP contribution in [-0.2, 0) is 11.2 Å². The molecular weight excluding hydrogens is 176 g/mol. The third-order valence-electron chi connectivity index (χ3n) is 2.09. The fourth-order valence-corrected chi connectivity index (χ4v) is 1.27. The van der Waals surface area contributed by atoms with Crippen LogP contribution in [0.15, 0.2) is 24.4 Å². The van der Waals surface area contributed by atoms with E-state index in [1.807, 2.05) is 32.0 Å². The van der Waals surface area contributed by atoms with E-state index < -0.39 is 6.04 Å². The van der Waals surface area contributed by atoms with Gasteiger partial charge >= 0.3 is 0 Å². The number of rotatable bonds is 4. The van der Waals surface area contributed by atoms with Gasteiger partial charge in [0.05, 0.1) is 6.04 Å². The molecule has 14 heavy (non-hydrogen) atoms. The van der Waals surface area contributed by atoms with E-state index in [9.17, 15) is 4.79 Å².